The quantitative estimate of drug-likeness (QED) is 0.620. The van der Waals surface area contributed by atoms with Crippen molar-refractivity contribution in [3.63, 3.8) is 0 Å². The molecule has 0 radical (unpaired) electrons. The van der Waals surface area contributed by atoms with E-state index < -0.39 is 32.6 Å². The maximum Gasteiger partial charge on any atom is 0.534 e. The van der Waals surface area contributed by atoms with Crippen LogP contribution in [0.25, 0.3) is 0 Å². The standard InChI is InChI=1S/C13H13F3O4S/c1-7-4-5-9(20-21(18,19)13(14,15)16)10-8(7)6-12(2,3)11(10)17/h4-5H,6H2,1-3H3. The van der Waals surface area contributed by atoms with Gasteiger partial charge in [-0.05, 0) is 30.5 Å². The first kappa shape index (κ1) is 15.8. The number of aryl methyl sites for hydroxylation is 1. The number of rotatable bonds is 2. The highest BCUT2D eigenvalue weighted by atomic mass is 32.2. The normalized spacial score (nSPS) is 17.7. The summed E-state index contributed by atoms with van der Waals surface area (Å²) in [5, 5.41) is 0. The third-order valence-corrected chi connectivity index (χ3v) is 4.42. The fourth-order valence-corrected chi connectivity index (χ4v) is 2.77. The fourth-order valence-electron chi connectivity index (χ4n) is 2.30. The number of ketones is 1. The van der Waals surface area contributed by atoms with E-state index in [0.29, 0.717) is 17.5 Å². The summed E-state index contributed by atoms with van der Waals surface area (Å²) in [6.07, 6.45) is 0.330. The van der Waals surface area contributed by atoms with Gasteiger partial charge in [-0.15, -0.1) is 0 Å². The molecule has 1 aliphatic carbocycles. The summed E-state index contributed by atoms with van der Waals surface area (Å²) in [5.74, 6) is -0.989. The number of benzene rings is 1. The van der Waals surface area contributed by atoms with Crippen LogP contribution in [-0.4, -0.2) is 19.7 Å². The van der Waals surface area contributed by atoms with Gasteiger partial charge in [0.1, 0.15) is 0 Å². The van der Waals surface area contributed by atoms with Gasteiger partial charge < -0.3 is 4.18 Å². The molecule has 4 nitrogen and oxygen atoms in total. The summed E-state index contributed by atoms with van der Waals surface area (Å²) in [4.78, 5) is 12.3. The summed E-state index contributed by atoms with van der Waals surface area (Å²) in [7, 11) is -5.80. The van der Waals surface area contributed by atoms with Crippen LogP contribution in [0.1, 0.15) is 35.3 Å². The topological polar surface area (TPSA) is 60.4 Å². The van der Waals surface area contributed by atoms with E-state index in [2.05, 4.69) is 4.18 Å². The van der Waals surface area contributed by atoms with Gasteiger partial charge in [0.2, 0.25) is 0 Å². The lowest BCUT2D eigenvalue weighted by Gasteiger charge is -2.14. The maximum absolute atomic E-state index is 12.4. The van der Waals surface area contributed by atoms with Crippen molar-refractivity contribution in [3.8, 4) is 5.75 Å². The van der Waals surface area contributed by atoms with E-state index >= 15 is 0 Å². The molecule has 0 saturated heterocycles. The molecule has 1 aromatic carbocycles. The van der Waals surface area contributed by atoms with E-state index in [1.165, 1.54) is 6.07 Å². The van der Waals surface area contributed by atoms with Gasteiger partial charge in [0.05, 0.1) is 5.56 Å². The molecule has 116 valence electrons. The minimum atomic E-state index is -5.80. The zero-order chi connectivity index (χ0) is 16.2. The predicted octanol–water partition coefficient (Wildman–Crippen LogP) is 2.99. The molecule has 2 rings (SSSR count). The lowest BCUT2D eigenvalue weighted by molar-refractivity contribution is -0.0500. The van der Waals surface area contributed by atoms with Gasteiger partial charge >= 0.3 is 15.6 Å². The second kappa shape index (κ2) is 4.46. The van der Waals surface area contributed by atoms with Gasteiger partial charge in [-0.25, -0.2) is 0 Å². The average molecular weight is 322 g/mol. The molecule has 0 amide bonds. The molecule has 0 bridgehead atoms. The molecule has 0 atom stereocenters. The van der Waals surface area contributed by atoms with Crippen molar-refractivity contribution in [2.75, 3.05) is 0 Å². The number of hydrogen-bond donors (Lipinski definition) is 0. The van der Waals surface area contributed by atoms with E-state index in [1.807, 2.05) is 0 Å². The van der Waals surface area contributed by atoms with Crippen molar-refractivity contribution in [3.05, 3.63) is 28.8 Å². The highest BCUT2D eigenvalue weighted by Crippen LogP contribution is 2.43. The molecule has 0 spiro atoms. The van der Waals surface area contributed by atoms with Crippen LogP contribution < -0.4 is 4.18 Å². The first-order valence-corrected chi connectivity index (χ1v) is 7.46. The molecule has 0 N–H and O–H groups in total. The number of Topliss-reactive ketones (excluding diaryl/α,β-unsaturated/α-hetero) is 1. The Morgan fingerprint density at radius 3 is 2.33 bits per heavy atom. The Balaban J connectivity index is 2.57. The highest BCUT2D eigenvalue weighted by Gasteiger charge is 2.50. The summed E-state index contributed by atoms with van der Waals surface area (Å²) >= 11 is 0. The van der Waals surface area contributed by atoms with E-state index in [0.717, 1.165) is 6.07 Å². The summed E-state index contributed by atoms with van der Waals surface area (Å²) in [5.41, 5.74) is -5.18. The van der Waals surface area contributed by atoms with E-state index in [9.17, 15) is 26.4 Å². The average Bonchev–Trinajstić information content (AvgIpc) is 2.54. The molecule has 0 heterocycles. The van der Waals surface area contributed by atoms with Crippen LogP contribution in [0.2, 0.25) is 0 Å². The van der Waals surface area contributed by atoms with Gasteiger partial charge in [-0.2, -0.15) is 21.6 Å². The molecule has 1 aromatic rings. The summed E-state index contributed by atoms with van der Waals surface area (Å²) in [6.45, 7) is 5.00. The van der Waals surface area contributed by atoms with Gasteiger partial charge in [0.25, 0.3) is 0 Å². The Kier molecular flexibility index (Phi) is 3.36. The van der Waals surface area contributed by atoms with Gasteiger partial charge in [0, 0.05) is 5.41 Å². The molecule has 1 aliphatic rings. The van der Waals surface area contributed by atoms with Crippen molar-refractivity contribution >= 4 is 15.9 Å². The van der Waals surface area contributed by atoms with E-state index in [4.69, 9.17) is 0 Å². The first-order valence-electron chi connectivity index (χ1n) is 6.05. The third kappa shape index (κ3) is 2.52. The smallest absolute Gasteiger partial charge is 0.375 e. The van der Waals surface area contributed by atoms with Gasteiger partial charge in [-0.1, -0.05) is 19.9 Å². The Labute approximate surface area is 120 Å². The number of carbonyl (C=O) groups is 1. The summed E-state index contributed by atoms with van der Waals surface area (Å²) < 4.78 is 63.6. The van der Waals surface area contributed by atoms with Crippen LogP contribution in [0.15, 0.2) is 12.1 Å². The van der Waals surface area contributed by atoms with Crippen LogP contribution in [0, 0.1) is 12.3 Å². The molecule has 0 fully saturated rings. The number of halogens is 3. The van der Waals surface area contributed by atoms with Crippen LogP contribution in [0.4, 0.5) is 13.2 Å². The Morgan fingerprint density at radius 2 is 1.81 bits per heavy atom. The second-order valence-corrected chi connectivity index (χ2v) is 7.14. The monoisotopic (exact) mass is 322 g/mol. The summed E-state index contributed by atoms with van der Waals surface area (Å²) in [6, 6.07) is 2.52. The van der Waals surface area contributed by atoms with Crippen molar-refractivity contribution in [2.24, 2.45) is 5.41 Å². The number of alkyl halides is 3. The van der Waals surface area contributed by atoms with Gasteiger partial charge in [-0.3, -0.25) is 4.79 Å². The Morgan fingerprint density at radius 1 is 1.24 bits per heavy atom. The molecule has 8 heteroatoms. The minimum Gasteiger partial charge on any atom is -0.375 e. The van der Waals surface area contributed by atoms with Crippen LogP contribution >= 0.6 is 0 Å². The molecule has 0 unspecified atom stereocenters. The number of hydrogen-bond acceptors (Lipinski definition) is 4. The SMILES string of the molecule is Cc1ccc(OS(=O)(=O)C(F)(F)F)c2c1CC(C)(C)C2=O. The van der Waals surface area contributed by atoms with Crippen LogP contribution in [-0.2, 0) is 16.5 Å². The molecular formula is C13H13F3O4S. The lowest BCUT2D eigenvalue weighted by atomic mass is 9.89. The van der Waals surface area contributed by atoms with Crippen LogP contribution in [0.5, 0.6) is 5.75 Å². The molecule has 0 aromatic heterocycles. The zero-order valence-corrected chi connectivity index (χ0v) is 12.4. The number of fused-ring (bicyclic) bond motifs is 1. The number of carbonyl (C=O) groups excluding carboxylic acids is 1. The third-order valence-electron chi connectivity index (χ3n) is 3.45. The predicted molar refractivity (Wildman–Crippen MR) is 68.6 cm³/mol. The second-order valence-electron chi connectivity index (χ2n) is 5.61. The zero-order valence-electron chi connectivity index (χ0n) is 11.5. The minimum absolute atomic E-state index is 0.0761. The lowest BCUT2D eigenvalue weighted by Crippen LogP contribution is -2.29. The van der Waals surface area contributed by atoms with Crippen molar-refractivity contribution in [1.29, 1.82) is 0 Å². The molecule has 0 saturated carbocycles. The molecule has 21 heavy (non-hydrogen) atoms. The first-order chi connectivity index (χ1) is 9.37. The molecule has 0 aliphatic heterocycles. The van der Waals surface area contributed by atoms with Crippen LogP contribution in [0.3, 0.4) is 0 Å². The highest BCUT2D eigenvalue weighted by molar-refractivity contribution is 7.88. The van der Waals surface area contributed by atoms with Crippen molar-refractivity contribution < 1.29 is 30.6 Å². The largest absolute Gasteiger partial charge is 0.534 e. The maximum atomic E-state index is 12.4. The fraction of sp³-hybridized carbons (Fsp3) is 0.462. The molecular weight excluding hydrogens is 309 g/mol. The van der Waals surface area contributed by atoms with Gasteiger partial charge in [0.15, 0.2) is 11.5 Å². The van der Waals surface area contributed by atoms with E-state index in [1.54, 1.807) is 20.8 Å². The van der Waals surface area contributed by atoms with E-state index in [-0.39, 0.29) is 5.56 Å². The van der Waals surface area contributed by atoms with Crippen molar-refractivity contribution in [2.45, 2.75) is 32.7 Å². The van der Waals surface area contributed by atoms with Crippen molar-refractivity contribution in [1.82, 2.24) is 0 Å². The Bertz CT molecular complexity index is 718. The Hall–Kier alpha value is -1.57.